The fourth-order valence-electron chi connectivity index (χ4n) is 12.6. The molecule has 2 fully saturated rings. The van der Waals surface area contributed by atoms with Gasteiger partial charge < -0.3 is 65.1 Å². The number of hydrogen-bond donors (Lipinski definition) is 9. The van der Waals surface area contributed by atoms with E-state index in [4.69, 9.17) is 18.9 Å². The molecule has 2 aliphatic heterocycles. The van der Waals surface area contributed by atoms with Crippen LogP contribution in [0.15, 0.2) is 109 Å². The van der Waals surface area contributed by atoms with Gasteiger partial charge in [-0.25, -0.2) is 0 Å². The molecule has 2 aliphatic rings. The minimum atomic E-state index is -1.80. The molecule has 0 aromatic rings. The molecule has 0 aliphatic carbocycles. The molecule has 12 atom stereocenters. The number of aliphatic hydroxyl groups excluding tert-OH is 8. The summed E-state index contributed by atoms with van der Waals surface area (Å²) in [7, 11) is 0. The van der Waals surface area contributed by atoms with Crippen LogP contribution in [0.3, 0.4) is 0 Å². The van der Waals surface area contributed by atoms with Crippen molar-refractivity contribution in [2.45, 2.75) is 396 Å². The highest BCUT2D eigenvalue weighted by Gasteiger charge is 2.51. The van der Waals surface area contributed by atoms with E-state index in [1.165, 1.54) is 205 Å². The summed E-state index contributed by atoms with van der Waals surface area (Å²) >= 11 is 0. The summed E-state index contributed by atoms with van der Waals surface area (Å²) in [4.78, 5) is 13.4. The van der Waals surface area contributed by atoms with Crippen molar-refractivity contribution in [3.8, 4) is 0 Å². The third-order valence-electron chi connectivity index (χ3n) is 18.9. The third kappa shape index (κ3) is 49.3. The Kier molecular flexibility index (Phi) is 61.9. The number of rotatable bonds is 66. The van der Waals surface area contributed by atoms with Gasteiger partial charge in [-0.15, -0.1) is 0 Å². The quantitative estimate of drug-likeness (QED) is 0.0204. The molecule has 0 radical (unpaired) electrons. The van der Waals surface area contributed by atoms with Crippen LogP contribution in [0.25, 0.3) is 0 Å². The van der Waals surface area contributed by atoms with Gasteiger partial charge in [0.1, 0.15) is 48.8 Å². The van der Waals surface area contributed by atoms with Gasteiger partial charge in [0.2, 0.25) is 5.91 Å². The Morgan fingerprint density at radius 3 is 1.12 bits per heavy atom. The lowest BCUT2D eigenvalue weighted by molar-refractivity contribution is -0.359. The van der Waals surface area contributed by atoms with Crippen molar-refractivity contribution < 1.29 is 64.6 Å². The second-order valence-corrected chi connectivity index (χ2v) is 27.8. The van der Waals surface area contributed by atoms with Crippen molar-refractivity contribution in [1.82, 2.24) is 5.32 Å². The number of ether oxygens (including phenoxy) is 4. The maximum Gasteiger partial charge on any atom is 0.220 e. The second-order valence-electron chi connectivity index (χ2n) is 27.8. The Bertz CT molecular complexity index is 2070. The number of aliphatic hydroxyl groups is 8. The van der Waals surface area contributed by atoms with Gasteiger partial charge in [0.25, 0.3) is 0 Å². The molecule has 566 valence electrons. The van der Waals surface area contributed by atoms with E-state index in [0.29, 0.717) is 12.8 Å². The lowest BCUT2D eigenvalue weighted by atomic mass is 9.97. The number of unbranched alkanes of at least 4 members (excludes halogenated alkanes) is 37. The Morgan fingerprint density at radius 1 is 0.378 bits per heavy atom. The number of nitrogens with one attached hydrogen (secondary N) is 1. The first-order valence-corrected chi connectivity index (χ1v) is 40.1. The zero-order valence-corrected chi connectivity index (χ0v) is 62.0. The topological polar surface area (TPSA) is 228 Å². The van der Waals surface area contributed by atoms with E-state index in [9.17, 15) is 45.6 Å². The molecule has 0 aromatic carbocycles. The first-order chi connectivity index (χ1) is 48.1. The third-order valence-corrected chi connectivity index (χ3v) is 18.9. The molecule has 0 bridgehead atoms. The molecular formula is C84H147NO13. The predicted molar refractivity (Wildman–Crippen MR) is 406 cm³/mol. The molecule has 98 heavy (non-hydrogen) atoms. The van der Waals surface area contributed by atoms with Crippen molar-refractivity contribution in [3.63, 3.8) is 0 Å². The number of carbonyl (C=O) groups excluding carboxylic acids is 1. The molecule has 2 saturated heterocycles. The van der Waals surface area contributed by atoms with E-state index in [0.717, 1.165) is 83.5 Å². The van der Waals surface area contributed by atoms with Crippen LogP contribution in [0.2, 0.25) is 0 Å². The Labute approximate surface area is 597 Å². The maximum absolute atomic E-state index is 13.4. The van der Waals surface area contributed by atoms with Gasteiger partial charge in [-0.05, 0) is 96.3 Å². The van der Waals surface area contributed by atoms with Crippen LogP contribution in [-0.2, 0) is 23.7 Å². The lowest BCUT2D eigenvalue weighted by Crippen LogP contribution is -2.65. The van der Waals surface area contributed by atoms with E-state index >= 15 is 0 Å². The zero-order chi connectivity index (χ0) is 70.8. The molecule has 14 nitrogen and oxygen atoms in total. The molecule has 9 N–H and O–H groups in total. The number of carbonyl (C=O) groups is 1. The van der Waals surface area contributed by atoms with Gasteiger partial charge in [-0.1, -0.05) is 329 Å². The largest absolute Gasteiger partial charge is 0.394 e. The monoisotopic (exact) mass is 1380 g/mol. The zero-order valence-electron chi connectivity index (χ0n) is 62.0. The average Bonchev–Trinajstić information content (AvgIpc) is 0.793. The SMILES string of the molecule is CC/C=C\C/C=C\C/C=C\C/C=C\C/C=C\C/C=C\CCCCCCCCCCCCCCCCCCCCCCC(=O)NC(COC1OC(CO)C(OC2OC(CO)C(O)C(O)C2O)C(O)C1O)C(O)/C=C/CC/C=C/CC/C=C/CCCCCCCCCCCCCCCCC. The highest BCUT2D eigenvalue weighted by Crippen LogP contribution is 2.30. The Balaban J connectivity index is 1.61. The van der Waals surface area contributed by atoms with Crippen molar-refractivity contribution in [3.05, 3.63) is 109 Å². The van der Waals surface area contributed by atoms with E-state index in [1.807, 2.05) is 6.08 Å². The molecule has 12 unspecified atom stereocenters. The van der Waals surface area contributed by atoms with Gasteiger partial charge in [0.05, 0.1) is 32.0 Å². The Hall–Kier alpha value is -3.35. The highest BCUT2D eigenvalue weighted by atomic mass is 16.7. The highest BCUT2D eigenvalue weighted by molar-refractivity contribution is 5.76. The number of hydrogen-bond acceptors (Lipinski definition) is 13. The van der Waals surface area contributed by atoms with Gasteiger partial charge in [-0.3, -0.25) is 4.79 Å². The van der Waals surface area contributed by atoms with Crippen LogP contribution in [0.4, 0.5) is 0 Å². The van der Waals surface area contributed by atoms with E-state index in [-0.39, 0.29) is 18.9 Å². The van der Waals surface area contributed by atoms with Crippen LogP contribution >= 0.6 is 0 Å². The molecule has 1 amide bonds. The predicted octanol–water partition coefficient (Wildman–Crippen LogP) is 18.2. The normalized spacial score (nSPS) is 22.6. The minimum Gasteiger partial charge on any atom is -0.394 e. The van der Waals surface area contributed by atoms with Crippen molar-refractivity contribution >= 4 is 5.91 Å². The van der Waals surface area contributed by atoms with Crippen molar-refractivity contribution in [1.29, 1.82) is 0 Å². The van der Waals surface area contributed by atoms with Crippen LogP contribution in [-0.4, -0.2) is 140 Å². The van der Waals surface area contributed by atoms with E-state index in [1.54, 1.807) is 6.08 Å². The van der Waals surface area contributed by atoms with Crippen LogP contribution in [0.5, 0.6) is 0 Å². The van der Waals surface area contributed by atoms with Gasteiger partial charge in [-0.2, -0.15) is 0 Å². The lowest BCUT2D eigenvalue weighted by Gasteiger charge is -2.46. The van der Waals surface area contributed by atoms with E-state index < -0.39 is 86.8 Å². The smallest absolute Gasteiger partial charge is 0.220 e. The molecule has 2 rings (SSSR count). The summed E-state index contributed by atoms with van der Waals surface area (Å²) in [6, 6.07) is -0.944. The van der Waals surface area contributed by atoms with E-state index in [2.05, 4.69) is 116 Å². The summed E-state index contributed by atoms with van der Waals surface area (Å²) < 4.78 is 22.9. The fourth-order valence-corrected chi connectivity index (χ4v) is 12.6. The first-order valence-electron chi connectivity index (χ1n) is 40.1. The van der Waals surface area contributed by atoms with Gasteiger partial charge >= 0.3 is 0 Å². The second kappa shape index (κ2) is 66.9. The summed E-state index contributed by atoms with van der Waals surface area (Å²) in [6.45, 7) is 2.69. The number of allylic oxidation sites excluding steroid dienone is 17. The number of amides is 1. The van der Waals surface area contributed by atoms with Crippen LogP contribution in [0.1, 0.15) is 322 Å². The molecule has 0 spiro atoms. The molecule has 0 aromatic heterocycles. The maximum atomic E-state index is 13.4. The average molecular weight is 1380 g/mol. The van der Waals surface area contributed by atoms with Crippen LogP contribution < -0.4 is 5.32 Å². The van der Waals surface area contributed by atoms with Crippen molar-refractivity contribution in [2.24, 2.45) is 0 Å². The first kappa shape index (κ1) is 90.7. The standard InChI is InChI=1S/C84H147NO13/c1-3-5-7-9-11-13-15-17-19-21-23-25-27-29-30-31-32-33-34-35-36-37-38-39-40-41-42-44-46-48-50-52-54-56-58-60-62-64-66-68-76(89)85-72(71-95-83-81(94)79(92)82(75(70-87)97-83)98-84-80(93)78(91)77(90)74(69-86)96-84)73(88)67-65-63-61-59-57-55-53-51-49-47-45-43-28-26-24-22-20-18-16-14-12-10-8-6-4-2/h5,7,11,13,17,19,23,25,29-30,32-33,49,51,57,59,65,67,72-75,77-84,86-88,90-94H,3-4,6,8-10,12,14-16,18,20-22,24,26-28,31,34-48,50,52-56,58,60-64,66,68-71H2,1-2H3,(H,85,89)/b7-5-,13-11-,19-17-,25-23-,30-29-,33-32-,51-49+,59-57+,67-65+. The molecule has 2 heterocycles. The molecule has 14 heteroatoms. The van der Waals surface area contributed by atoms with Crippen LogP contribution in [0, 0.1) is 0 Å². The summed E-state index contributed by atoms with van der Waals surface area (Å²) in [5.41, 5.74) is 0. The fraction of sp³-hybridized carbons (Fsp3) is 0.774. The summed E-state index contributed by atoms with van der Waals surface area (Å²) in [5.74, 6) is -0.251. The molecule has 0 saturated carbocycles. The van der Waals surface area contributed by atoms with Crippen molar-refractivity contribution in [2.75, 3.05) is 19.8 Å². The Morgan fingerprint density at radius 2 is 0.714 bits per heavy atom. The summed E-state index contributed by atoms with van der Waals surface area (Å²) in [5, 5.41) is 87.6. The van der Waals surface area contributed by atoms with Gasteiger partial charge in [0, 0.05) is 6.42 Å². The summed E-state index contributed by atoms with van der Waals surface area (Å²) in [6.07, 6.45) is 80.3. The minimum absolute atomic E-state index is 0.251. The van der Waals surface area contributed by atoms with Gasteiger partial charge in [0.15, 0.2) is 12.6 Å². The molecular weight excluding hydrogens is 1230 g/mol.